The summed E-state index contributed by atoms with van der Waals surface area (Å²) >= 11 is 3.24. The molecule has 0 heterocycles. The van der Waals surface area contributed by atoms with Crippen LogP contribution in [0, 0.1) is 0 Å². The Balaban J connectivity index is 2.62. The minimum atomic E-state index is -1.00. The summed E-state index contributed by atoms with van der Waals surface area (Å²) < 4.78 is 0.546. The van der Waals surface area contributed by atoms with Crippen LogP contribution in [0.1, 0.15) is 30.6 Å². The molecule has 0 saturated carbocycles. The molecule has 1 unspecified atom stereocenters. The van der Waals surface area contributed by atoms with Crippen LogP contribution < -0.4 is 10.6 Å². The fourth-order valence-corrected chi connectivity index (χ4v) is 1.83. The number of carbonyl (C=O) groups excluding carboxylic acids is 1. The van der Waals surface area contributed by atoms with Gasteiger partial charge in [-0.15, -0.1) is 0 Å². The van der Waals surface area contributed by atoms with Gasteiger partial charge in [0.25, 0.3) is 0 Å². The van der Waals surface area contributed by atoms with Gasteiger partial charge in [-0.25, -0.2) is 4.79 Å². The molecule has 5 nitrogen and oxygen atoms in total. The van der Waals surface area contributed by atoms with E-state index in [-0.39, 0.29) is 24.1 Å². The summed E-state index contributed by atoms with van der Waals surface area (Å²) in [5.41, 5.74) is 0.726. The Morgan fingerprint density at radius 1 is 1.42 bits per heavy atom. The van der Waals surface area contributed by atoms with Crippen LogP contribution in [0.2, 0.25) is 0 Å². The molecule has 0 saturated heterocycles. The monoisotopic (exact) mass is 328 g/mol. The van der Waals surface area contributed by atoms with E-state index in [1.54, 1.807) is 6.07 Å². The molecule has 0 spiro atoms. The second-order valence-electron chi connectivity index (χ2n) is 4.24. The molecule has 0 aromatic heterocycles. The van der Waals surface area contributed by atoms with Gasteiger partial charge in [0.15, 0.2) is 0 Å². The van der Waals surface area contributed by atoms with Crippen LogP contribution in [0.4, 0.5) is 5.69 Å². The maximum absolute atomic E-state index is 11.7. The van der Waals surface area contributed by atoms with Crippen molar-refractivity contribution in [2.45, 2.75) is 26.3 Å². The number of hydrogen-bond donors (Lipinski definition) is 3. The topological polar surface area (TPSA) is 78.4 Å². The van der Waals surface area contributed by atoms with Gasteiger partial charge in [0.1, 0.15) is 0 Å². The third-order valence-electron chi connectivity index (χ3n) is 2.71. The first-order valence-corrected chi connectivity index (χ1v) is 6.79. The molecule has 0 aliphatic heterocycles. The van der Waals surface area contributed by atoms with E-state index in [0.717, 1.165) is 6.42 Å². The molecule has 0 radical (unpaired) electrons. The predicted molar refractivity (Wildman–Crippen MR) is 77.5 cm³/mol. The number of aromatic carboxylic acids is 1. The first-order chi connectivity index (χ1) is 8.93. The van der Waals surface area contributed by atoms with Crippen LogP contribution in [-0.4, -0.2) is 29.6 Å². The molecule has 1 rings (SSSR count). The number of anilines is 1. The largest absolute Gasteiger partial charge is 0.478 e. The Morgan fingerprint density at radius 2 is 2.11 bits per heavy atom. The van der Waals surface area contributed by atoms with Crippen LogP contribution in [0.5, 0.6) is 0 Å². The summed E-state index contributed by atoms with van der Waals surface area (Å²) in [7, 11) is 0. The highest BCUT2D eigenvalue weighted by Crippen LogP contribution is 2.23. The number of carboxylic acid groups (broad SMARTS) is 1. The fourth-order valence-electron chi connectivity index (χ4n) is 1.36. The highest BCUT2D eigenvalue weighted by atomic mass is 79.9. The Labute approximate surface area is 120 Å². The van der Waals surface area contributed by atoms with Gasteiger partial charge in [-0.3, -0.25) is 4.79 Å². The van der Waals surface area contributed by atoms with E-state index in [2.05, 4.69) is 26.6 Å². The minimum Gasteiger partial charge on any atom is -0.478 e. The van der Waals surface area contributed by atoms with Gasteiger partial charge in [-0.2, -0.15) is 0 Å². The van der Waals surface area contributed by atoms with E-state index >= 15 is 0 Å². The number of halogens is 1. The van der Waals surface area contributed by atoms with E-state index in [1.165, 1.54) is 12.1 Å². The summed E-state index contributed by atoms with van der Waals surface area (Å²) in [5, 5.41) is 14.6. The summed E-state index contributed by atoms with van der Waals surface area (Å²) in [5.74, 6) is -1.17. The average molecular weight is 329 g/mol. The van der Waals surface area contributed by atoms with Crippen molar-refractivity contribution < 1.29 is 14.7 Å². The standard InChI is InChI=1S/C13H17BrN2O3/c1-3-8(2)15-7-12(17)16-11-5-4-9(13(18)19)6-10(11)14/h4-6,8,15H,3,7H2,1-2H3,(H,16,17)(H,18,19). The molecule has 0 fully saturated rings. The number of carboxylic acids is 1. The zero-order chi connectivity index (χ0) is 14.4. The van der Waals surface area contributed by atoms with E-state index in [1.807, 2.05) is 13.8 Å². The van der Waals surface area contributed by atoms with Crippen molar-refractivity contribution in [3.8, 4) is 0 Å². The number of nitrogens with one attached hydrogen (secondary N) is 2. The molecular formula is C13H17BrN2O3. The van der Waals surface area contributed by atoms with E-state index < -0.39 is 5.97 Å². The molecule has 19 heavy (non-hydrogen) atoms. The number of rotatable bonds is 6. The number of hydrogen-bond acceptors (Lipinski definition) is 3. The van der Waals surface area contributed by atoms with Crippen molar-refractivity contribution in [1.82, 2.24) is 5.32 Å². The Kier molecular flexibility index (Phi) is 5.98. The molecule has 104 valence electrons. The smallest absolute Gasteiger partial charge is 0.335 e. The maximum atomic E-state index is 11.7. The normalized spacial score (nSPS) is 11.9. The van der Waals surface area contributed by atoms with E-state index in [4.69, 9.17) is 5.11 Å². The third-order valence-corrected chi connectivity index (χ3v) is 3.37. The van der Waals surface area contributed by atoms with Crippen molar-refractivity contribution in [3.05, 3.63) is 28.2 Å². The van der Waals surface area contributed by atoms with Crippen molar-refractivity contribution in [2.24, 2.45) is 0 Å². The lowest BCUT2D eigenvalue weighted by atomic mass is 10.2. The van der Waals surface area contributed by atoms with Gasteiger partial charge in [-0.1, -0.05) is 6.92 Å². The molecule has 1 aromatic carbocycles. The minimum absolute atomic E-state index is 0.163. The highest BCUT2D eigenvalue weighted by Gasteiger charge is 2.09. The van der Waals surface area contributed by atoms with Gasteiger partial charge >= 0.3 is 5.97 Å². The van der Waals surface area contributed by atoms with Gasteiger partial charge in [0.2, 0.25) is 5.91 Å². The van der Waals surface area contributed by atoms with Gasteiger partial charge in [-0.05, 0) is 47.5 Å². The third kappa shape index (κ3) is 5.00. The SMILES string of the molecule is CCC(C)NCC(=O)Nc1ccc(C(=O)O)cc1Br. The summed E-state index contributed by atoms with van der Waals surface area (Å²) in [6.45, 7) is 4.27. The van der Waals surface area contributed by atoms with Crippen LogP contribution in [-0.2, 0) is 4.79 Å². The molecular weight excluding hydrogens is 312 g/mol. The van der Waals surface area contributed by atoms with Crippen LogP contribution in [0.25, 0.3) is 0 Å². The quantitative estimate of drug-likeness (QED) is 0.749. The van der Waals surface area contributed by atoms with Crippen LogP contribution in [0.3, 0.4) is 0 Å². The first kappa shape index (κ1) is 15.7. The lowest BCUT2D eigenvalue weighted by Gasteiger charge is -2.12. The molecule has 0 aliphatic rings. The molecule has 3 N–H and O–H groups in total. The predicted octanol–water partition coefficient (Wildman–Crippen LogP) is 2.47. The Hall–Kier alpha value is -1.40. The second kappa shape index (κ2) is 7.25. The van der Waals surface area contributed by atoms with Crippen molar-refractivity contribution in [1.29, 1.82) is 0 Å². The van der Waals surface area contributed by atoms with E-state index in [9.17, 15) is 9.59 Å². The molecule has 1 amide bonds. The average Bonchev–Trinajstić information content (AvgIpc) is 2.38. The van der Waals surface area contributed by atoms with Crippen molar-refractivity contribution in [2.75, 3.05) is 11.9 Å². The van der Waals surface area contributed by atoms with Gasteiger partial charge < -0.3 is 15.7 Å². The number of carbonyl (C=O) groups is 2. The fraction of sp³-hybridized carbons (Fsp3) is 0.385. The molecule has 6 heteroatoms. The Bertz CT molecular complexity index is 477. The zero-order valence-electron chi connectivity index (χ0n) is 10.9. The molecule has 0 bridgehead atoms. The summed E-state index contributed by atoms with van der Waals surface area (Å²) in [4.78, 5) is 22.5. The van der Waals surface area contributed by atoms with Crippen molar-refractivity contribution >= 4 is 33.5 Å². The number of benzene rings is 1. The van der Waals surface area contributed by atoms with Gasteiger partial charge in [0.05, 0.1) is 17.8 Å². The zero-order valence-corrected chi connectivity index (χ0v) is 12.5. The highest BCUT2D eigenvalue weighted by molar-refractivity contribution is 9.10. The second-order valence-corrected chi connectivity index (χ2v) is 5.09. The number of amides is 1. The summed E-state index contributed by atoms with van der Waals surface area (Å²) in [6, 6.07) is 4.75. The lowest BCUT2D eigenvalue weighted by Crippen LogP contribution is -2.34. The van der Waals surface area contributed by atoms with Crippen LogP contribution >= 0.6 is 15.9 Å². The van der Waals surface area contributed by atoms with Crippen LogP contribution in [0.15, 0.2) is 22.7 Å². The van der Waals surface area contributed by atoms with Gasteiger partial charge in [0, 0.05) is 10.5 Å². The van der Waals surface area contributed by atoms with E-state index in [0.29, 0.717) is 10.2 Å². The van der Waals surface area contributed by atoms with Crippen molar-refractivity contribution in [3.63, 3.8) is 0 Å². The Morgan fingerprint density at radius 3 is 2.63 bits per heavy atom. The molecule has 1 atom stereocenters. The first-order valence-electron chi connectivity index (χ1n) is 6.00. The summed E-state index contributed by atoms with van der Waals surface area (Å²) in [6.07, 6.45) is 0.949. The molecule has 0 aliphatic carbocycles. The maximum Gasteiger partial charge on any atom is 0.335 e. The molecule has 1 aromatic rings. The lowest BCUT2D eigenvalue weighted by molar-refractivity contribution is -0.115.